The van der Waals surface area contributed by atoms with Crippen LogP contribution in [0.15, 0.2) is 24.3 Å². The molecule has 0 bridgehead atoms. The average Bonchev–Trinajstić information content (AvgIpc) is 3.12. The molecule has 1 atom stereocenters. The molecule has 1 amide bonds. The van der Waals surface area contributed by atoms with Gasteiger partial charge < -0.3 is 25.5 Å². The predicted octanol–water partition coefficient (Wildman–Crippen LogP) is 2.18. The van der Waals surface area contributed by atoms with Crippen molar-refractivity contribution in [3.8, 4) is 0 Å². The molecule has 2 aromatic rings. The van der Waals surface area contributed by atoms with Crippen LogP contribution in [-0.4, -0.2) is 69.7 Å². The maximum atomic E-state index is 13.3. The van der Waals surface area contributed by atoms with E-state index in [0.717, 1.165) is 11.1 Å². The van der Waals surface area contributed by atoms with E-state index in [1.165, 1.54) is 12.1 Å². The van der Waals surface area contributed by atoms with Gasteiger partial charge in [-0.1, -0.05) is 12.1 Å². The van der Waals surface area contributed by atoms with Gasteiger partial charge in [-0.05, 0) is 51.8 Å². The molecule has 1 unspecified atom stereocenters. The Bertz CT molecular complexity index is 1010. The fourth-order valence-corrected chi connectivity index (χ4v) is 4.45. The first kappa shape index (κ1) is 23.4. The molecule has 1 aromatic carbocycles. The van der Waals surface area contributed by atoms with E-state index in [-0.39, 0.29) is 30.4 Å². The molecule has 0 radical (unpaired) electrons. The first-order valence-corrected chi connectivity index (χ1v) is 11.5. The summed E-state index contributed by atoms with van der Waals surface area (Å²) in [5.74, 6) is 0.801. The van der Waals surface area contributed by atoms with E-state index in [0.29, 0.717) is 50.1 Å². The third kappa shape index (κ3) is 5.09. The maximum absolute atomic E-state index is 13.3. The zero-order chi connectivity index (χ0) is 23.8. The number of fused-ring (bicyclic) bond motifs is 1. The van der Waals surface area contributed by atoms with Gasteiger partial charge in [0, 0.05) is 42.8 Å². The number of nitrogens with zero attached hydrogens (tertiary/aromatic N) is 4. The summed E-state index contributed by atoms with van der Waals surface area (Å²) in [5, 5.41) is 16.4. The number of anilines is 2. The fraction of sp³-hybridized carbons (Fsp3) is 0.542. The van der Waals surface area contributed by atoms with E-state index >= 15 is 0 Å². The van der Waals surface area contributed by atoms with Gasteiger partial charge in [-0.3, -0.25) is 4.79 Å². The lowest BCUT2D eigenvalue weighted by molar-refractivity contribution is 0.0726. The molecule has 1 saturated heterocycles. The van der Waals surface area contributed by atoms with Crippen LogP contribution in [0.5, 0.6) is 0 Å². The van der Waals surface area contributed by atoms with Gasteiger partial charge in [0.2, 0.25) is 5.95 Å². The van der Waals surface area contributed by atoms with Crippen molar-refractivity contribution in [3.05, 3.63) is 46.9 Å². The van der Waals surface area contributed by atoms with Crippen LogP contribution >= 0.6 is 0 Å². The molecule has 0 aliphatic carbocycles. The number of benzene rings is 1. The highest BCUT2D eigenvalue weighted by atomic mass is 19.1. The lowest BCUT2D eigenvalue weighted by Crippen LogP contribution is -2.53. The number of hydrogen-bond donors (Lipinski definition) is 3. The monoisotopic (exact) mass is 456 g/mol. The van der Waals surface area contributed by atoms with E-state index in [1.54, 1.807) is 17.0 Å². The third-order valence-electron chi connectivity index (χ3n) is 6.19. The number of aromatic nitrogens is 2. The molecule has 33 heavy (non-hydrogen) atoms. The SMILES string of the molecule is CC(C)N1Cc2c(NC(C)(C)Cc3ccc(F)cc3)nc(N3CCNC(CO)C3)nc2C1=O. The predicted molar refractivity (Wildman–Crippen MR) is 126 cm³/mol. The summed E-state index contributed by atoms with van der Waals surface area (Å²) in [5.41, 5.74) is 1.85. The molecule has 2 aliphatic rings. The molecule has 3 N–H and O–H groups in total. The summed E-state index contributed by atoms with van der Waals surface area (Å²) in [6, 6.07) is 6.49. The number of aliphatic hydroxyl groups excluding tert-OH is 1. The van der Waals surface area contributed by atoms with Crippen LogP contribution in [0.4, 0.5) is 16.2 Å². The molecule has 0 spiro atoms. The van der Waals surface area contributed by atoms with Crippen molar-refractivity contribution in [2.24, 2.45) is 0 Å². The van der Waals surface area contributed by atoms with Gasteiger partial charge in [0.05, 0.1) is 13.2 Å². The van der Waals surface area contributed by atoms with Gasteiger partial charge in [0.1, 0.15) is 17.3 Å². The second-order valence-corrected chi connectivity index (χ2v) is 9.82. The van der Waals surface area contributed by atoms with Crippen molar-refractivity contribution in [2.45, 2.75) is 58.3 Å². The lowest BCUT2D eigenvalue weighted by Gasteiger charge is -2.34. The smallest absolute Gasteiger partial charge is 0.273 e. The number of rotatable bonds is 7. The standard InChI is InChI=1S/C24H33FN6O2/c1-15(2)31-13-19-20(22(31)33)27-23(30-10-9-26-18(12-30)14-32)28-21(19)29-24(3,4)11-16-5-7-17(25)8-6-16/h5-8,15,18,26,32H,9-14H2,1-4H3,(H,27,28,29). The van der Waals surface area contributed by atoms with Crippen LogP contribution in [0.25, 0.3) is 0 Å². The molecular weight excluding hydrogens is 423 g/mol. The second kappa shape index (κ2) is 9.23. The zero-order valence-electron chi connectivity index (χ0n) is 19.7. The highest BCUT2D eigenvalue weighted by Crippen LogP contribution is 2.32. The Kier molecular flexibility index (Phi) is 6.54. The quantitative estimate of drug-likeness (QED) is 0.588. The molecule has 4 rings (SSSR count). The zero-order valence-corrected chi connectivity index (χ0v) is 19.7. The van der Waals surface area contributed by atoms with Gasteiger partial charge in [-0.15, -0.1) is 0 Å². The van der Waals surface area contributed by atoms with E-state index in [1.807, 2.05) is 18.7 Å². The molecule has 1 aromatic heterocycles. The minimum absolute atomic E-state index is 0.0251. The number of piperazine rings is 1. The van der Waals surface area contributed by atoms with Gasteiger partial charge >= 0.3 is 0 Å². The molecule has 2 aliphatic heterocycles. The molecule has 178 valence electrons. The summed E-state index contributed by atoms with van der Waals surface area (Å²) in [6.07, 6.45) is 0.656. The number of amides is 1. The number of hydrogen-bond acceptors (Lipinski definition) is 7. The van der Waals surface area contributed by atoms with Gasteiger partial charge in [0.25, 0.3) is 5.91 Å². The van der Waals surface area contributed by atoms with E-state index in [2.05, 4.69) is 29.5 Å². The van der Waals surface area contributed by atoms with Gasteiger partial charge in [-0.2, -0.15) is 4.98 Å². The topological polar surface area (TPSA) is 93.6 Å². The van der Waals surface area contributed by atoms with Crippen molar-refractivity contribution < 1.29 is 14.3 Å². The first-order valence-electron chi connectivity index (χ1n) is 11.5. The Balaban J connectivity index is 1.67. The molecule has 1 fully saturated rings. The molecular formula is C24H33FN6O2. The van der Waals surface area contributed by atoms with Crippen LogP contribution in [0, 0.1) is 5.82 Å². The Morgan fingerprint density at radius 2 is 2.00 bits per heavy atom. The van der Waals surface area contributed by atoms with Crippen molar-refractivity contribution in [1.82, 2.24) is 20.2 Å². The van der Waals surface area contributed by atoms with Gasteiger partial charge in [0.15, 0.2) is 0 Å². The summed E-state index contributed by atoms with van der Waals surface area (Å²) >= 11 is 0. The van der Waals surface area contributed by atoms with E-state index in [4.69, 9.17) is 4.98 Å². The second-order valence-electron chi connectivity index (χ2n) is 9.82. The molecule has 9 heteroatoms. The Morgan fingerprint density at radius 3 is 2.67 bits per heavy atom. The number of nitrogens with one attached hydrogen (secondary N) is 2. The van der Waals surface area contributed by atoms with Gasteiger partial charge in [-0.25, -0.2) is 9.37 Å². The number of halogens is 1. The average molecular weight is 457 g/mol. The Hall–Kier alpha value is -2.78. The highest BCUT2D eigenvalue weighted by Gasteiger charge is 2.36. The Labute approximate surface area is 194 Å². The van der Waals surface area contributed by atoms with E-state index < -0.39 is 5.54 Å². The Morgan fingerprint density at radius 1 is 1.27 bits per heavy atom. The fourth-order valence-electron chi connectivity index (χ4n) is 4.45. The normalized spacial score (nSPS) is 18.8. The summed E-state index contributed by atoms with van der Waals surface area (Å²) in [4.78, 5) is 26.5. The van der Waals surface area contributed by atoms with Crippen LogP contribution in [0.2, 0.25) is 0 Å². The van der Waals surface area contributed by atoms with Crippen molar-refractivity contribution in [1.29, 1.82) is 0 Å². The first-order chi connectivity index (χ1) is 15.7. The maximum Gasteiger partial charge on any atom is 0.273 e. The van der Waals surface area contributed by atoms with E-state index in [9.17, 15) is 14.3 Å². The minimum Gasteiger partial charge on any atom is -0.395 e. The number of aliphatic hydroxyl groups is 1. The number of carbonyl (C=O) groups excluding carboxylic acids is 1. The summed E-state index contributed by atoms with van der Waals surface area (Å²) < 4.78 is 13.3. The molecule has 0 saturated carbocycles. The summed E-state index contributed by atoms with van der Waals surface area (Å²) in [7, 11) is 0. The van der Waals surface area contributed by atoms with Crippen molar-refractivity contribution >= 4 is 17.7 Å². The van der Waals surface area contributed by atoms with Crippen LogP contribution < -0.4 is 15.5 Å². The third-order valence-corrected chi connectivity index (χ3v) is 6.19. The van der Waals surface area contributed by atoms with Crippen molar-refractivity contribution in [3.63, 3.8) is 0 Å². The van der Waals surface area contributed by atoms with Crippen molar-refractivity contribution in [2.75, 3.05) is 36.5 Å². The minimum atomic E-state index is -0.400. The molecule has 3 heterocycles. The van der Waals surface area contributed by atoms with Crippen LogP contribution in [0.3, 0.4) is 0 Å². The number of carbonyl (C=O) groups is 1. The molecule has 8 nitrogen and oxygen atoms in total. The highest BCUT2D eigenvalue weighted by molar-refractivity contribution is 5.98. The lowest BCUT2D eigenvalue weighted by atomic mass is 9.94. The largest absolute Gasteiger partial charge is 0.395 e. The van der Waals surface area contributed by atoms with Crippen LogP contribution in [-0.2, 0) is 13.0 Å². The summed E-state index contributed by atoms with van der Waals surface area (Å²) in [6.45, 7) is 10.6. The van der Waals surface area contributed by atoms with Crippen LogP contribution in [0.1, 0.15) is 49.3 Å².